The number of anilines is 1. The summed E-state index contributed by atoms with van der Waals surface area (Å²) >= 11 is 0. The predicted octanol–water partition coefficient (Wildman–Crippen LogP) is 1.49. The first-order valence-corrected chi connectivity index (χ1v) is 7.91. The van der Waals surface area contributed by atoms with Crippen LogP contribution in [-0.2, 0) is 0 Å². The third kappa shape index (κ3) is 3.41. The highest BCUT2D eigenvalue weighted by Gasteiger charge is 2.24. The van der Waals surface area contributed by atoms with Crippen molar-refractivity contribution < 1.29 is 4.79 Å². The van der Waals surface area contributed by atoms with Gasteiger partial charge in [-0.05, 0) is 31.2 Å². The number of nitriles is 2. The summed E-state index contributed by atoms with van der Waals surface area (Å²) in [7, 11) is 0. The Morgan fingerprint density at radius 3 is 2.44 bits per heavy atom. The third-order valence-electron chi connectivity index (χ3n) is 4.17. The van der Waals surface area contributed by atoms with Crippen molar-refractivity contribution in [1.29, 1.82) is 10.5 Å². The van der Waals surface area contributed by atoms with Crippen molar-refractivity contribution in [2.45, 2.75) is 6.92 Å². The van der Waals surface area contributed by atoms with Crippen LogP contribution in [0.5, 0.6) is 0 Å². The Bertz CT molecular complexity index is 887. The van der Waals surface area contributed by atoms with E-state index in [0.29, 0.717) is 48.8 Å². The number of amides is 1. The van der Waals surface area contributed by atoms with Crippen LogP contribution >= 0.6 is 0 Å². The van der Waals surface area contributed by atoms with Gasteiger partial charge in [0.2, 0.25) is 0 Å². The summed E-state index contributed by atoms with van der Waals surface area (Å²) in [5.74, 6) is 0.615. The van der Waals surface area contributed by atoms with Crippen molar-refractivity contribution in [1.82, 2.24) is 14.9 Å². The zero-order valence-corrected chi connectivity index (χ0v) is 13.8. The topological polar surface area (TPSA) is 96.9 Å². The molecule has 1 amide bonds. The standard InChI is InChI=1S/C18H16N6O/c1-13-14(11-19)5-6-16(21-13)18(25)24-9-7-23(8-10-24)17-4-2-3-15(12-20)22-17/h2-6H,7-10H2,1H3. The number of rotatable bonds is 2. The van der Waals surface area contributed by atoms with Crippen molar-refractivity contribution in [3.05, 3.63) is 53.0 Å². The van der Waals surface area contributed by atoms with Crippen LogP contribution in [0.25, 0.3) is 0 Å². The molecule has 0 N–H and O–H groups in total. The summed E-state index contributed by atoms with van der Waals surface area (Å²) in [5, 5.41) is 17.9. The molecule has 1 aliphatic heterocycles. The lowest BCUT2D eigenvalue weighted by Crippen LogP contribution is -2.49. The average Bonchev–Trinajstić information content (AvgIpc) is 2.67. The van der Waals surface area contributed by atoms with Crippen LogP contribution in [0, 0.1) is 29.6 Å². The maximum absolute atomic E-state index is 12.6. The van der Waals surface area contributed by atoms with Crippen LogP contribution in [-0.4, -0.2) is 47.0 Å². The molecule has 0 spiro atoms. The van der Waals surface area contributed by atoms with Gasteiger partial charge < -0.3 is 9.80 Å². The van der Waals surface area contributed by atoms with E-state index < -0.39 is 0 Å². The molecule has 2 aromatic heterocycles. The molecular formula is C18H16N6O. The Balaban J connectivity index is 1.67. The summed E-state index contributed by atoms with van der Waals surface area (Å²) in [6.45, 7) is 4.11. The number of nitrogens with zero attached hydrogens (tertiary/aromatic N) is 6. The van der Waals surface area contributed by atoms with Gasteiger partial charge >= 0.3 is 0 Å². The Morgan fingerprint density at radius 1 is 1.04 bits per heavy atom. The van der Waals surface area contributed by atoms with Crippen molar-refractivity contribution in [3.8, 4) is 12.1 Å². The minimum Gasteiger partial charge on any atom is -0.353 e. The van der Waals surface area contributed by atoms with E-state index in [9.17, 15) is 4.79 Å². The Kier molecular flexibility index (Phi) is 4.58. The van der Waals surface area contributed by atoms with Crippen LogP contribution in [0.4, 0.5) is 5.82 Å². The van der Waals surface area contributed by atoms with Crippen LogP contribution < -0.4 is 4.90 Å². The number of carbonyl (C=O) groups is 1. The largest absolute Gasteiger partial charge is 0.353 e. The number of hydrogen-bond donors (Lipinski definition) is 0. The first-order valence-electron chi connectivity index (χ1n) is 7.91. The molecule has 0 radical (unpaired) electrons. The number of aryl methyl sites for hydroxylation is 1. The monoisotopic (exact) mass is 332 g/mol. The highest BCUT2D eigenvalue weighted by Crippen LogP contribution is 2.16. The molecule has 0 aliphatic carbocycles. The smallest absolute Gasteiger partial charge is 0.272 e. The van der Waals surface area contributed by atoms with Gasteiger partial charge in [0.25, 0.3) is 5.91 Å². The molecule has 1 aliphatic rings. The molecule has 0 atom stereocenters. The number of hydrogen-bond acceptors (Lipinski definition) is 6. The number of aromatic nitrogens is 2. The summed E-state index contributed by atoms with van der Waals surface area (Å²) < 4.78 is 0. The quantitative estimate of drug-likeness (QED) is 0.826. The van der Waals surface area contributed by atoms with E-state index in [1.54, 1.807) is 30.0 Å². The SMILES string of the molecule is Cc1nc(C(=O)N2CCN(c3cccc(C#N)n3)CC2)ccc1C#N. The fourth-order valence-corrected chi connectivity index (χ4v) is 2.76. The fourth-order valence-electron chi connectivity index (χ4n) is 2.76. The molecule has 0 aromatic carbocycles. The van der Waals surface area contributed by atoms with Crippen LogP contribution in [0.2, 0.25) is 0 Å². The molecule has 2 aromatic rings. The normalized spacial score (nSPS) is 13.9. The van der Waals surface area contributed by atoms with Crippen LogP contribution in [0.3, 0.4) is 0 Å². The Labute approximate surface area is 145 Å². The molecular weight excluding hydrogens is 316 g/mol. The molecule has 0 saturated carbocycles. The second-order valence-electron chi connectivity index (χ2n) is 5.71. The minimum absolute atomic E-state index is 0.133. The molecule has 1 fully saturated rings. The maximum Gasteiger partial charge on any atom is 0.272 e. The average molecular weight is 332 g/mol. The fraction of sp³-hybridized carbons (Fsp3) is 0.278. The second-order valence-corrected chi connectivity index (χ2v) is 5.71. The maximum atomic E-state index is 12.6. The molecule has 7 nitrogen and oxygen atoms in total. The first-order chi connectivity index (χ1) is 12.1. The molecule has 7 heteroatoms. The highest BCUT2D eigenvalue weighted by atomic mass is 16.2. The molecule has 1 saturated heterocycles. The van der Waals surface area contributed by atoms with Gasteiger partial charge in [0.15, 0.2) is 0 Å². The van der Waals surface area contributed by atoms with Gasteiger partial charge in [-0.3, -0.25) is 4.79 Å². The van der Waals surface area contributed by atoms with E-state index in [4.69, 9.17) is 10.5 Å². The third-order valence-corrected chi connectivity index (χ3v) is 4.17. The number of piperazine rings is 1. The zero-order valence-electron chi connectivity index (χ0n) is 13.8. The van der Waals surface area contributed by atoms with Crippen molar-refractivity contribution in [3.63, 3.8) is 0 Å². The van der Waals surface area contributed by atoms with E-state index in [0.717, 1.165) is 5.82 Å². The van der Waals surface area contributed by atoms with E-state index in [-0.39, 0.29) is 5.91 Å². The van der Waals surface area contributed by atoms with Gasteiger partial charge in [0.05, 0.1) is 11.3 Å². The summed E-state index contributed by atoms with van der Waals surface area (Å²) in [4.78, 5) is 24.9. The van der Waals surface area contributed by atoms with Gasteiger partial charge in [-0.2, -0.15) is 10.5 Å². The van der Waals surface area contributed by atoms with Gasteiger partial charge in [-0.15, -0.1) is 0 Å². The highest BCUT2D eigenvalue weighted by molar-refractivity contribution is 5.92. The van der Waals surface area contributed by atoms with Crippen molar-refractivity contribution >= 4 is 11.7 Å². The van der Waals surface area contributed by atoms with Gasteiger partial charge in [0, 0.05) is 26.2 Å². The minimum atomic E-state index is -0.133. The van der Waals surface area contributed by atoms with E-state index >= 15 is 0 Å². The summed E-state index contributed by atoms with van der Waals surface area (Å²) in [5.41, 5.74) is 1.78. The molecule has 0 bridgehead atoms. The van der Waals surface area contributed by atoms with Crippen LogP contribution in [0.15, 0.2) is 30.3 Å². The van der Waals surface area contributed by atoms with Crippen molar-refractivity contribution in [2.24, 2.45) is 0 Å². The number of pyridine rings is 2. The van der Waals surface area contributed by atoms with Gasteiger partial charge in [-0.25, -0.2) is 9.97 Å². The second kappa shape index (κ2) is 6.98. The first kappa shape index (κ1) is 16.4. The van der Waals surface area contributed by atoms with E-state index in [1.807, 2.05) is 18.2 Å². The zero-order chi connectivity index (χ0) is 17.8. The molecule has 124 valence electrons. The molecule has 25 heavy (non-hydrogen) atoms. The van der Waals surface area contributed by atoms with E-state index in [2.05, 4.69) is 20.9 Å². The summed E-state index contributed by atoms with van der Waals surface area (Å²) in [6.07, 6.45) is 0. The predicted molar refractivity (Wildman–Crippen MR) is 90.8 cm³/mol. The lowest BCUT2D eigenvalue weighted by atomic mass is 10.2. The Morgan fingerprint density at radius 2 is 1.80 bits per heavy atom. The summed E-state index contributed by atoms with van der Waals surface area (Å²) in [6, 6.07) is 12.7. The van der Waals surface area contributed by atoms with Gasteiger partial charge in [0.1, 0.15) is 29.3 Å². The molecule has 0 unspecified atom stereocenters. The lowest BCUT2D eigenvalue weighted by Gasteiger charge is -2.35. The van der Waals surface area contributed by atoms with Crippen LogP contribution in [0.1, 0.15) is 27.4 Å². The van der Waals surface area contributed by atoms with E-state index in [1.165, 1.54) is 0 Å². The van der Waals surface area contributed by atoms with Crippen molar-refractivity contribution in [2.75, 3.05) is 31.1 Å². The lowest BCUT2D eigenvalue weighted by molar-refractivity contribution is 0.0740. The van der Waals surface area contributed by atoms with Gasteiger partial charge in [-0.1, -0.05) is 6.07 Å². The Hall–Kier alpha value is -3.45. The number of carbonyl (C=O) groups excluding carboxylic acids is 1. The molecule has 3 heterocycles. The molecule has 3 rings (SSSR count).